The Labute approximate surface area is 123 Å². The Morgan fingerprint density at radius 3 is 2.43 bits per heavy atom. The Morgan fingerprint density at radius 1 is 1.19 bits per heavy atom. The average molecular weight is 280 g/mol. The van der Waals surface area contributed by atoms with E-state index in [1.54, 1.807) is 55.1 Å². The maximum absolute atomic E-state index is 12.5. The van der Waals surface area contributed by atoms with Gasteiger partial charge in [-0.25, -0.2) is 0 Å². The summed E-state index contributed by atoms with van der Waals surface area (Å²) < 4.78 is 1.74. The van der Waals surface area contributed by atoms with Crippen molar-refractivity contribution in [2.75, 3.05) is 7.05 Å². The van der Waals surface area contributed by atoms with Crippen LogP contribution in [0.1, 0.15) is 27.3 Å². The van der Waals surface area contributed by atoms with Gasteiger partial charge >= 0.3 is 0 Å². The van der Waals surface area contributed by atoms with Crippen LogP contribution in [0, 0.1) is 12.3 Å². The summed E-state index contributed by atoms with van der Waals surface area (Å²) in [5, 5.41) is 2.57. The molecule has 0 saturated heterocycles. The molecule has 0 spiro atoms. The number of hydrogen-bond donors (Lipinski definition) is 1. The molecule has 0 fully saturated rings. The Hall–Kier alpha value is -2.80. The topological polar surface area (TPSA) is 51.1 Å². The van der Waals surface area contributed by atoms with E-state index in [1.165, 1.54) is 0 Å². The van der Waals surface area contributed by atoms with E-state index >= 15 is 0 Å². The van der Waals surface area contributed by atoms with Crippen LogP contribution in [0.3, 0.4) is 0 Å². The molecule has 4 nitrogen and oxygen atoms in total. The monoisotopic (exact) mass is 280 g/mol. The molecular formula is C17H16N2O2. The van der Waals surface area contributed by atoms with Crippen LogP contribution in [-0.4, -0.2) is 23.3 Å². The number of terminal acetylenes is 1. The molecule has 0 radical (unpaired) electrons. The minimum absolute atomic E-state index is 0.0893. The van der Waals surface area contributed by atoms with Gasteiger partial charge in [-0.05, 0) is 36.4 Å². The number of nitrogens with one attached hydrogen (secondary N) is 1. The van der Waals surface area contributed by atoms with Gasteiger partial charge in [0.15, 0.2) is 0 Å². The van der Waals surface area contributed by atoms with Crippen LogP contribution in [0.4, 0.5) is 0 Å². The largest absolute Gasteiger partial charge is 0.359 e. The smallest absolute Gasteiger partial charge is 0.225 e. The van der Waals surface area contributed by atoms with E-state index in [0.29, 0.717) is 11.3 Å². The first kappa shape index (κ1) is 14.6. The van der Waals surface area contributed by atoms with Crippen molar-refractivity contribution in [2.45, 2.75) is 6.42 Å². The Bertz CT molecular complexity index is 718. The molecule has 0 bridgehead atoms. The second kappa shape index (κ2) is 6.10. The van der Waals surface area contributed by atoms with Crippen LogP contribution in [0.25, 0.3) is 0 Å². The molecule has 21 heavy (non-hydrogen) atoms. The van der Waals surface area contributed by atoms with Crippen molar-refractivity contribution in [2.24, 2.45) is 7.05 Å². The zero-order chi connectivity index (χ0) is 15.4. The van der Waals surface area contributed by atoms with E-state index in [1.807, 2.05) is 0 Å². The number of benzene rings is 1. The zero-order valence-corrected chi connectivity index (χ0v) is 12.0. The van der Waals surface area contributed by atoms with E-state index in [-0.39, 0.29) is 18.1 Å². The quantitative estimate of drug-likeness (QED) is 0.682. The Morgan fingerprint density at radius 2 is 1.86 bits per heavy atom. The summed E-state index contributed by atoms with van der Waals surface area (Å²) in [5.74, 6) is 2.33. The summed E-state index contributed by atoms with van der Waals surface area (Å²) in [7, 11) is 3.37. The number of amides is 1. The van der Waals surface area contributed by atoms with Crippen LogP contribution < -0.4 is 5.32 Å². The van der Waals surface area contributed by atoms with Gasteiger partial charge in [-0.15, -0.1) is 6.42 Å². The number of carbonyl (C=O) groups is 2. The molecule has 0 saturated carbocycles. The van der Waals surface area contributed by atoms with E-state index in [0.717, 1.165) is 11.3 Å². The standard InChI is InChI=1S/C17H16N2O2/c1-4-12-5-7-13(8-6-12)17(21)15-10-9-14(19(15)3)11-16(20)18-2/h1,5-10H,11H2,2-3H3,(H,18,20). The van der Waals surface area contributed by atoms with Gasteiger partial charge in [0.05, 0.1) is 12.1 Å². The molecule has 0 aliphatic heterocycles. The summed E-state index contributed by atoms with van der Waals surface area (Å²) in [6.45, 7) is 0. The van der Waals surface area contributed by atoms with Crippen LogP contribution in [-0.2, 0) is 18.3 Å². The van der Waals surface area contributed by atoms with Crippen LogP contribution in [0.2, 0.25) is 0 Å². The third-order valence-corrected chi connectivity index (χ3v) is 3.39. The third-order valence-electron chi connectivity index (χ3n) is 3.39. The SMILES string of the molecule is C#Cc1ccc(C(=O)c2ccc(CC(=O)NC)n2C)cc1. The van der Waals surface area contributed by atoms with Crippen molar-refractivity contribution < 1.29 is 9.59 Å². The number of nitrogens with zero attached hydrogens (tertiary/aromatic N) is 1. The predicted octanol–water partition coefficient (Wildman–Crippen LogP) is 1.53. The molecule has 0 aliphatic carbocycles. The van der Waals surface area contributed by atoms with Crippen molar-refractivity contribution in [1.82, 2.24) is 9.88 Å². The normalized spacial score (nSPS) is 9.95. The highest BCUT2D eigenvalue weighted by atomic mass is 16.1. The molecule has 1 N–H and O–H groups in total. The highest BCUT2D eigenvalue weighted by Crippen LogP contribution is 2.14. The minimum Gasteiger partial charge on any atom is -0.359 e. The molecule has 2 aromatic rings. The van der Waals surface area contributed by atoms with Gasteiger partial charge in [-0.1, -0.05) is 5.92 Å². The average Bonchev–Trinajstić information content (AvgIpc) is 2.87. The molecule has 1 aromatic carbocycles. The van der Waals surface area contributed by atoms with Gasteiger partial charge in [0.2, 0.25) is 11.7 Å². The number of ketones is 1. The van der Waals surface area contributed by atoms with Gasteiger partial charge in [-0.2, -0.15) is 0 Å². The Balaban J connectivity index is 2.27. The van der Waals surface area contributed by atoms with Crippen LogP contribution in [0.15, 0.2) is 36.4 Å². The number of likely N-dealkylation sites (N-methyl/N-ethyl adjacent to an activating group) is 1. The molecule has 0 unspecified atom stereocenters. The second-order valence-corrected chi connectivity index (χ2v) is 4.67. The lowest BCUT2D eigenvalue weighted by atomic mass is 10.1. The summed E-state index contributed by atoms with van der Waals surface area (Å²) in [6.07, 6.45) is 5.54. The zero-order valence-electron chi connectivity index (χ0n) is 12.0. The van der Waals surface area contributed by atoms with Gasteiger partial charge < -0.3 is 9.88 Å². The molecule has 0 aliphatic rings. The van der Waals surface area contributed by atoms with Crippen molar-refractivity contribution in [3.05, 3.63) is 58.9 Å². The highest BCUT2D eigenvalue weighted by Gasteiger charge is 2.15. The van der Waals surface area contributed by atoms with E-state index in [2.05, 4.69) is 11.2 Å². The number of hydrogen-bond acceptors (Lipinski definition) is 2. The highest BCUT2D eigenvalue weighted by molar-refractivity contribution is 6.08. The maximum Gasteiger partial charge on any atom is 0.225 e. The van der Waals surface area contributed by atoms with Crippen molar-refractivity contribution in [1.29, 1.82) is 0 Å². The van der Waals surface area contributed by atoms with Gasteiger partial charge in [0.25, 0.3) is 0 Å². The van der Waals surface area contributed by atoms with Gasteiger partial charge in [-0.3, -0.25) is 9.59 Å². The molecule has 2 rings (SSSR count). The van der Waals surface area contributed by atoms with Crippen molar-refractivity contribution >= 4 is 11.7 Å². The first-order chi connectivity index (χ1) is 10.1. The summed E-state index contributed by atoms with van der Waals surface area (Å²) in [6, 6.07) is 10.4. The van der Waals surface area contributed by atoms with Crippen LogP contribution in [0.5, 0.6) is 0 Å². The van der Waals surface area contributed by atoms with E-state index in [9.17, 15) is 9.59 Å². The fraction of sp³-hybridized carbons (Fsp3) is 0.176. The molecule has 106 valence electrons. The maximum atomic E-state index is 12.5. The number of carbonyl (C=O) groups excluding carboxylic acids is 2. The first-order valence-corrected chi connectivity index (χ1v) is 6.53. The van der Waals surface area contributed by atoms with Crippen molar-refractivity contribution in [3.63, 3.8) is 0 Å². The van der Waals surface area contributed by atoms with Crippen molar-refractivity contribution in [3.8, 4) is 12.3 Å². The molecule has 0 atom stereocenters. The second-order valence-electron chi connectivity index (χ2n) is 4.67. The first-order valence-electron chi connectivity index (χ1n) is 6.53. The van der Waals surface area contributed by atoms with Crippen LogP contribution >= 0.6 is 0 Å². The fourth-order valence-corrected chi connectivity index (χ4v) is 2.08. The lowest BCUT2D eigenvalue weighted by Crippen LogP contribution is -2.21. The summed E-state index contributed by atoms with van der Waals surface area (Å²) in [5.41, 5.74) is 2.64. The van der Waals surface area contributed by atoms with E-state index in [4.69, 9.17) is 6.42 Å². The molecule has 1 heterocycles. The lowest BCUT2D eigenvalue weighted by Gasteiger charge is -2.07. The predicted molar refractivity (Wildman–Crippen MR) is 81.0 cm³/mol. The summed E-state index contributed by atoms with van der Waals surface area (Å²) in [4.78, 5) is 23.9. The number of rotatable bonds is 4. The fourth-order valence-electron chi connectivity index (χ4n) is 2.08. The van der Waals surface area contributed by atoms with Gasteiger partial charge in [0.1, 0.15) is 0 Å². The van der Waals surface area contributed by atoms with E-state index < -0.39 is 0 Å². The molecular weight excluding hydrogens is 264 g/mol. The molecule has 4 heteroatoms. The Kier molecular flexibility index (Phi) is 4.24. The number of aromatic nitrogens is 1. The molecule has 1 aromatic heterocycles. The third kappa shape index (κ3) is 3.03. The van der Waals surface area contributed by atoms with Gasteiger partial charge in [0, 0.05) is 30.9 Å². The summed E-state index contributed by atoms with van der Waals surface area (Å²) >= 11 is 0. The molecule has 1 amide bonds. The minimum atomic E-state index is -0.0933. The lowest BCUT2D eigenvalue weighted by molar-refractivity contribution is -0.120.